The van der Waals surface area contributed by atoms with Gasteiger partial charge in [0.2, 0.25) is 0 Å². The minimum absolute atomic E-state index is 0.154. The molecule has 21 heavy (non-hydrogen) atoms. The molecule has 0 aromatic heterocycles. The Morgan fingerprint density at radius 1 is 1.19 bits per heavy atom. The molecular weight excluding hydrogens is 263 g/mol. The van der Waals surface area contributed by atoms with E-state index in [2.05, 4.69) is 35.3 Å². The summed E-state index contributed by atoms with van der Waals surface area (Å²) >= 11 is 0. The van der Waals surface area contributed by atoms with E-state index < -0.39 is 0 Å². The number of aryl methyl sites for hydroxylation is 1. The van der Waals surface area contributed by atoms with Crippen molar-refractivity contribution in [1.82, 2.24) is 0 Å². The third kappa shape index (κ3) is 3.02. The molecular formula is C18H21FN2. The fraction of sp³-hybridized carbons (Fsp3) is 0.333. The summed E-state index contributed by atoms with van der Waals surface area (Å²) in [7, 11) is 0. The van der Waals surface area contributed by atoms with Crippen LogP contribution in [0.15, 0.2) is 42.5 Å². The van der Waals surface area contributed by atoms with E-state index in [1.54, 1.807) is 6.07 Å². The summed E-state index contributed by atoms with van der Waals surface area (Å²) in [5.74, 6) is -0.154. The molecule has 0 bridgehead atoms. The molecule has 2 aromatic carbocycles. The van der Waals surface area contributed by atoms with E-state index in [1.807, 2.05) is 12.1 Å². The molecule has 3 heteroatoms. The highest BCUT2D eigenvalue weighted by atomic mass is 19.1. The van der Waals surface area contributed by atoms with Crippen molar-refractivity contribution in [2.75, 3.05) is 23.3 Å². The zero-order valence-electron chi connectivity index (χ0n) is 12.4. The molecule has 0 fully saturated rings. The van der Waals surface area contributed by atoms with Crippen LogP contribution in [0.2, 0.25) is 0 Å². The molecule has 2 nitrogen and oxygen atoms in total. The largest absolute Gasteiger partial charge is 0.385 e. The average Bonchev–Trinajstić information content (AvgIpc) is 2.53. The average molecular weight is 284 g/mol. The summed E-state index contributed by atoms with van der Waals surface area (Å²) < 4.78 is 14.0. The van der Waals surface area contributed by atoms with Gasteiger partial charge in [-0.3, -0.25) is 0 Å². The number of fused-ring (bicyclic) bond motifs is 1. The second kappa shape index (κ2) is 6.17. The second-order valence-corrected chi connectivity index (χ2v) is 5.49. The third-order valence-corrected chi connectivity index (χ3v) is 4.06. The van der Waals surface area contributed by atoms with Crippen LogP contribution in [0.3, 0.4) is 0 Å². The van der Waals surface area contributed by atoms with Gasteiger partial charge in [0.15, 0.2) is 0 Å². The summed E-state index contributed by atoms with van der Waals surface area (Å²) in [5, 5.41) is 3.42. The maximum Gasteiger partial charge on any atom is 0.146 e. The highest BCUT2D eigenvalue weighted by Crippen LogP contribution is 2.25. The van der Waals surface area contributed by atoms with Crippen molar-refractivity contribution >= 4 is 11.4 Å². The van der Waals surface area contributed by atoms with Crippen molar-refractivity contribution in [3.05, 3.63) is 59.4 Å². The normalized spacial score (nSPS) is 13.4. The SMILES string of the molecule is CCN(Cc1ccc2c(c1)CCCN2)c1ccccc1F. The van der Waals surface area contributed by atoms with Crippen LogP contribution in [-0.2, 0) is 13.0 Å². The Labute approximate surface area is 125 Å². The summed E-state index contributed by atoms with van der Waals surface area (Å²) in [5.41, 5.74) is 4.54. The van der Waals surface area contributed by atoms with Gasteiger partial charge < -0.3 is 10.2 Å². The quantitative estimate of drug-likeness (QED) is 0.904. The molecule has 3 rings (SSSR count). The lowest BCUT2D eigenvalue weighted by Gasteiger charge is -2.25. The number of halogens is 1. The predicted octanol–water partition coefficient (Wildman–Crippen LogP) is 4.21. The lowest BCUT2D eigenvalue weighted by atomic mass is 10.0. The molecule has 1 aliphatic heterocycles. The van der Waals surface area contributed by atoms with E-state index in [-0.39, 0.29) is 5.82 Å². The Morgan fingerprint density at radius 2 is 2.05 bits per heavy atom. The van der Waals surface area contributed by atoms with Gasteiger partial charge in [-0.1, -0.05) is 24.3 Å². The fourth-order valence-electron chi connectivity index (χ4n) is 2.92. The minimum atomic E-state index is -0.154. The highest BCUT2D eigenvalue weighted by Gasteiger charge is 2.12. The van der Waals surface area contributed by atoms with Crippen molar-refractivity contribution in [2.45, 2.75) is 26.3 Å². The van der Waals surface area contributed by atoms with Gasteiger partial charge in [-0.2, -0.15) is 0 Å². The topological polar surface area (TPSA) is 15.3 Å². The molecule has 0 saturated carbocycles. The number of rotatable bonds is 4. The van der Waals surface area contributed by atoms with Crippen LogP contribution in [0.1, 0.15) is 24.5 Å². The lowest BCUT2D eigenvalue weighted by Crippen LogP contribution is -2.23. The highest BCUT2D eigenvalue weighted by molar-refractivity contribution is 5.55. The monoisotopic (exact) mass is 284 g/mol. The van der Waals surface area contributed by atoms with Crippen molar-refractivity contribution in [3.8, 4) is 0 Å². The van der Waals surface area contributed by atoms with Crippen LogP contribution in [0.4, 0.5) is 15.8 Å². The number of hydrogen-bond acceptors (Lipinski definition) is 2. The number of nitrogens with zero attached hydrogens (tertiary/aromatic N) is 1. The molecule has 0 aliphatic carbocycles. The molecule has 1 aliphatic rings. The van der Waals surface area contributed by atoms with Crippen LogP contribution in [-0.4, -0.2) is 13.1 Å². The number of anilines is 2. The van der Waals surface area contributed by atoms with Crippen molar-refractivity contribution in [3.63, 3.8) is 0 Å². The standard InChI is InChI=1S/C18H21FN2/c1-2-21(18-8-4-3-7-16(18)19)13-14-9-10-17-15(12-14)6-5-11-20-17/h3-4,7-10,12,20H,2,5-6,11,13H2,1H3. The molecule has 0 unspecified atom stereocenters. The van der Waals surface area contributed by atoms with Crippen LogP contribution in [0.5, 0.6) is 0 Å². The van der Waals surface area contributed by atoms with E-state index in [0.717, 1.165) is 26.1 Å². The summed E-state index contributed by atoms with van der Waals surface area (Å²) in [6.45, 7) is 4.65. The van der Waals surface area contributed by atoms with Gasteiger partial charge in [-0.05, 0) is 49.1 Å². The van der Waals surface area contributed by atoms with Crippen LogP contribution >= 0.6 is 0 Å². The number of hydrogen-bond donors (Lipinski definition) is 1. The Kier molecular flexibility index (Phi) is 4.09. The molecule has 0 spiro atoms. The van der Waals surface area contributed by atoms with Crippen molar-refractivity contribution in [2.24, 2.45) is 0 Å². The maximum absolute atomic E-state index is 14.0. The molecule has 0 atom stereocenters. The summed E-state index contributed by atoms with van der Waals surface area (Å²) in [4.78, 5) is 2.08. The Morgan fingerprint density at radius 3 is 2.86 bits per heavy atom. The van der Waals surface area contributed by atoms with Gasteiger partial charge in [0.25, 0.3) is 0 Å². The third-order valence-electron chi connectivity index (χ3n) is 4.06. The van der Waals surface area contributed by atoms with E-state index in [1.165, 1.54) is 29.3 Å². The van der Waals surface area contributed by atoms with Gasteiger partial charge in [0, 0.05) is 25.3 Å². The summed E-state index contributed by atoms with van der Waals surface area (Å²) in [6, 6.07) is 13.5. The van der Waals surface area contributed by atoms with E-state index in [9.17, 15) is 4.39 Å². The van der Waals surface area contributed by atoms with E-state index in [4.69, 9.17) is 0 Å². The molecule has 2 aromatic rings. The molecule has 0 amide bonds. The van der Waals surface area contributed by atoms with Gasteiger partial charge >= 0.3 is 0 Å². The first-order chi connectivity index (χ1) is 10.3. The number of benzene rings is 2. The second-order valence-electron chi connectivity index (χ2n) is 5.49. The first-order valence-corrected chi connectivity index (χ1v) is 7.63. The van der Waals surface area contributed by atoms with Gasteiger partial charge in [0.05, 0.1) is 5.69 Å². The molecule has 0 radical (unpaired) electrons. The molecule has 1 N–H and O–H groups in total. The van der Waals surface area contributed by atoms with Gasteiger partial charge in [-0.15, -0.1) is 0 Å². The van der Waals surface area contributed by atoms with Gasteiger partial charge in [0.1, 0.15) is 5.82 Å². The van der Waals surface area contributed by atoms with Crippen LogP contribution < -0.4 is 10.2 Å². The molecule has 0 saturated heterocycles. The Bertz CT molecular complexity index is 624. The van der Waals surface area contributed by atoms with E-state index >= 15 is 0 Å². The maximum atomic E-state index is 14.0. The first kappa shape index (κ1) is 13.9. The van der Waals surface area contributed by atoms with Crippen molar-refractivity contribution in [1.29, 1.82) is 0 Å². The Hall–Kier alpha value is -2.03. The smallest absolute Gasteiger partial charge is 0.146 e. The van der Waals surface area contributed by atoms with Crippen LogP contribution in [0.25, 0.3) is 0 Å². The van der Waals surface area contributed by atoms with Crippen molar-refractivity contribution < 1.29 is 4.39 Å². The number of para-hydroxylation sites is 1. The van der Waals surface area contributed by atoms with Crippen LogP contribution in [0, 0.1) is 5.82 Å². The zero-order valence-corrected chi connectivity index (χ0v) is 12.4. The van der Waals surface area contributed by atoms with E-state index in [0.29, 0.717) is 5.69 Å². The fourth-order valence-corrected chi connectivity index (χ4v) is 2.92. The predicted molar refractivity (Wildman–Crippen MR) is 86.4 cm³/mol. The molecule has 110 valence electrons. The number of nitrogens with one attached hydrogen (secondary N) is 1. The Balaban J connectivity index is 1.83. The lowest BCUT2D eigenvalue weighted by molar-refractivity contribution is 0.618. The molecule has 1 heterocycles. The first-order valence-electron chi connectivity index (χ1n) is 7.63. The zero-order chi connectivity index (χ0) is 14.7. The van der Waals surface area contributed by atoms with Gasteiger partial charge in [-0.25, -0.2) is 4.39 Å². The minimum Gasteiger partial charge on any atom is -0.385 e. The summed E-state index contributed by atoms with van der Waals surface area (Å²) in [6.07, 6.45) is 2.31.